The van der Waals surface area contributed by atoms with Gasteiger partial charge in [-0.05, 0) is 92.9 Å². The molecule has 7 N–H and O–H groups in total. The standard InChI is InChI=1S/C25H24N4O3.C11H10BrN3O.C5H5BrN2O/c1-17-20-8-3-4-9-21(20)32-23(17)15-29(2)24(30)11-10-18-13-22(25(26)28-14-18)31-16-19-7-5-6-12-27-19;12-9-4-10(11(13)15-6-9)16-7-8-2-1-3-14-5-8;6-3-1-4(9)5(7)8-2-3/h3-14H,15-16H2,1-2H3,(H2,26,28);1-6H,7H2,(H2,13,15);1-2,9H,(H2,7,8)/b11-10+;;. The number of hydrogen-bond donors (Lipinski definition) is 4. The number of aryl methyl sites for hydroxylation is 1. The highest BCUT2D eigenvalue weighted by Crippen LogP contribution is 2.27. The van der Waals surface area contributed by atoms with E-state index in [0.29, 0.717) is 40.5 Å². The number of nitrogens with two attached hydrogens (primary N) is 3. The smallest absolute Gasteiger partial charge is 0.246 e. The van der Waals surface area contributed by atoms with E-state index in [9.17, 15) is 4.79 Å². The van der Waals surface area contributed by atoms with Crippen molar-refractivity contribution >= 4 is 72.3 Å². The Bertz CT molecular complexity index is 2430. The molecule has 0 atom stereocenters. The highest BCUT2D eigenvalue weighted by molar-refractivity contribution is 9.10. The summed E-state index contributed by atoms with van der Waals surface area (Å²) in [4.78, 5) is 34.2. The number of ether oxygens (including phenoxy) is 2. The molecule has 1 amide bonds. The summed E-state index contributed by atoms with van der Waals surface area (Å²) < 4.78 is 18.8. The summed E-state index contributed by atoms with van der Waals surface area (Å²) >= 11 is 6.43. The third kappa shape index (κ3) is 12.5. The fourth-order valence-electron chi connectivity index (χ4n) is 4.91. The molecule has 0 aliphatic heterocycles. The molecular formula is C41H39Br2N9O5. The number of hydrogen-bond acceptors (Lipinski definition) is 13. The second-order valence-corrected chi connectivity index (χ2v) is 14.0. The van der Waals surface area contributed by atoms with E-state index in [1.165, 1.54) is 18.3 Å². The number of aromatic nitrogens is 5. The minimum Gasteiger partial charge on any atom is -0.504 e. The van der Waals surface area contributed by atoms with Crippen LogP contribution >= 0.6 is 31.9 Å². The van der Waals surface area contributed by atoms with Crippen LogP contribution in [0.15, 0.2) is 129 Å². The summed E-state index contributed by atoms with van der Waals surface area (Å²) in [5.74, 6) is 2.44. The number of furan rings is 1. The number of pyridine rings is 5. The first-order valence-electron chi connectivity index (χ1n) is 17.2. The number of rotatable bonds is 10. The predicted molar refractivity (Wildman–Crippen MR) is 227 cm³/mol. The first kappa shape index (κ1) is 41.6. The number of carbonyl (C=O) groups is 1. The first-order chi connectivity index (χ1) is 27.5. The first-order valence-corrected chi connectivity index (χ1v) is 18.8. The van der Waals surface area contributed by atoms with Gasteiger partial charge in [-0.25, -0.2) is 15.0 Å². The van der Waals surface area contributed by atoms with Gasteiger partial charge < -0.3 is 41.1 Å². The molecule has 7 aromatic rings. The highest BCUT2D eigenvalue weighted by Gasteiger charge is 2.14. The van der Waals surface area contributed by atoms with E-state index in [-0.39, 0.29) is 29.9 Å². The zero-order valence-electron chi connectivity index (χ0n) is 30.9. The lowest BCUT2D eigenvalue weighted by atomic mass is 10.1. The fraction of sp³-hybridized carbons (Fsp3) is 0.122. The number of likely N-dealkylation sites (N-methyl/N-ethyl adjacent to an activating group) is 1. The monoisotopic (exact) mass is 895 g/mol. The normalized spacial score (nSPS) is 10.6. The topological polar surface area (TPSA) is 215 Å². The minimum atomic E-state index is -0.155. The number of fused-ring (bicyclic) bond motifs is 1. The number of aromatic hydroxyl groups is 1. The largest absolute Gasteiger partial charge is 0.504 e. The quantitative estimate of drug-likeness (QED) is 0.0963. The van der Waals surface area contributed by atoms with Crippen LogP contribution in [-0.4, -0.2) is 47.9 Å². The molecule has 0 fully saturated rings. The summed E-state index contributed by atoms with van der Waals surface area (Å²) in [7, 11) is 1.74. The summed E-state index contributed by atoms with van der Waals surface area (Å²) in [6, 6.07) is 22.3. The van der Waals surface area contributed by atoms with Crippen LogP contribution in [0, 0.1) is 6.92 Å². The van der Waals surface area contributed by atoms with E-state index in [1.807, 2.05) is 61.5 Å². The van der Waals surface area contributed by atoms with Gasteiger partial charge in [-0.1, -0.05) is 30.3 Å². The summed E-state index contributed by atoms with van der Waals surface area (Å²) in [6.07, 6.45) is 13.1. The number of amides is 1. The maximum absolute atomic E-state index is 12.6. The van der Waals surface area contributed by atoms with Crippen LogP contribution in [0.3, 0.4) is 0 Å². The Balaban J connectivity index is 0.000000204. The molecule has 292 valence electrons. The maximum Gasteiger partial charge on any atom is 0.246 e. The molecule has 16 heteroatoms. The molecule has 0 unspecified atom stereocenters. The minimum absolute atomic E-state index is 0.00405. The zero-order valence-corrected chi connectivity index (χ0v) is 34.1. The molecule has 0 saturated heterocycles. The summed E-state index contributed by atoms with van der Waals surface area (Å²) in [6.45, 7) is 3.08. The van der Waals surface area contributed by atoms with Gasteiger partial charge in [0, 0.05) is 75.8 Å². The van der Waals surface area contributed by atoms with Gasteiger partial charge in [0.25, 0.3) is 0 Å². The maximum atomic E-state index is 12.6. The SMILES string of the molecule is Cc1c(CN(C)C(=O)/C=C/c2cnc(N)c(OCc3ccccn3)c2)oc2ccccc12.Nc1ncc(Br)cc1O.Nc1ncc(Br)cc1OCc1cccnc1. The second-order valence-electron chi connectivity index (χ2n) is 12.2. The van der Waals surface area contributed by atoms with E-state index < -0.39 is 0 Å². The van der Waals surface area contributed by atoms with Crippen molar-refractivity contribution in [1.29, 1.82) is 0 Å². The highest BCUT2D eigenvalue weighted by atomic mass is 79.9. The Labute approximate surface area is 345 Å². The van der Waals surface area contributed by atoms with Crippen LogP contribution in [0.4, 0.5) is 17.5 Å². The van der Waals surface area contributed by atoms with Crippen LogP contribution < -0.4 is 26.7 Å². The number of nitrogens with zero attached hydrogens (tertiary/aromatic N) is 6. The molecule has 6 aromatic heterocycles. The third-order valence-electron chi connectivity index (χ3n) is 7.95. The molecule has 6 heterocycles. The Hall–Kier alpha value is -6.52. The van der Waals surface area contributed by atoms with Gasteiger partial charge in [0.15, 0.2) is 34.7 Å². The van der Waals surface area contributed by atoms with Crippen LogP contribution in [-0.2, 0) is 24.6 Å². The number of benzene rings is 1. The van der Waals surface area contributed by atoms with Crippen molar-refractivity contribution in [1.82, 2.24) is 29.8 Å². The van der Waals surface area contributed by atoms with Gasteiger partial charge in [-0.15, -0.1) is 0 Å². The average Bonchev–Trinajstić information content (AvgIpc) is 3.54. The zero-order chi connectivity index (χ0) is 40.7. The van der Waals surface area contributed by atoms with Crippen molar-refractivity contribution in [2.75, 3.05) is 24.2 Å². The van der Waals surface area contributed by atoms with Crippen molar-refractivity contribution in [2.24, 2.45) is 0 Å². The Morgan fingerprint density at radius 1 is 0.807 bits per heavy atom. The number of nitrogen functional groups attached to an aromatic ring is 3. The van der Waals surface area contributed by atoms with E-state index >= 15 is 0 Å². The molecule has 0 radical (unpaired) electrons. The molecule has 7 rings (SSSR count). The molecule has 0 aliphatic carbocycles. The molecule has 0 bridgehead atoms. The van der Waals surface area contributed by atoms with Gasteiger partial charge in [0.2, 0.25) is 5.91 Å². The Morgan fingerprint density at radius 2 is 1.49 bits per heavy atom. The lowest BCUT2D eigenvalue weighted by Gasteiger charge is -2.14. The van der Waals surface area contributed by atoms with Crippen molar-refractivity contribution < 1.29 is 23.8 Å². The van der Waals surface area contributed by atoms with E-state index in [0.717, 1.165) is 38.0 Å². The van der Waals surface area contributed by atoms with Gasteiger partial charge in [-0.2, -0.15) is 0 Å². The van der Waals surface area contributed by atoms with E-state index in [2.05, 4.69) is 56.8 Å². The number of carbonyl (C=O) groups excluding carboxylic acids is 1. The molecule has 14 nitrogen and oxygen atoms in total. The van der Waals surface area contributed by atoms with Gasteiger partial charge >= 0.3 is 0 Å². The lowest BCUT2D eigenvalue weighted by molar-refractivity contribution is -0.125. The van der Waals surface area contributed by atoms with Crippen LogP contribution in [0.25, 0.3) is 17.0 Å². The second kappa shape index (κ2) is 20.4. The third-order valence-corrected chi connectivity index (χ3v) is 8.82. The number of para-hydroxylation sites is 1. The van der Waals surface area contributed by atoms with Crippen molar-refractivity contribution in [3.8, 4) is 17.2 Å². The van der Waals surface area contributed by atoms with Gasteiger partial charge in [-0.3, -0.25) is 14.8 Å². The Kier molecular flexibility index (Phi) is 14.9. The van der Waals surface area contributed by atoms with E-state index in [1.54, 1.807) is 61.1 Å². The molecule has 0 saturated carbocycles. The van der Waals surface area contributed by atoms with E-state index in [4.69, 9.17) is 36.2 Å². The molecular weight excluding hydrogens is 858 g/mol. The fourth-order valence-corrected chi connectivity index (χ4v) is 5.54. The average molecular weight is 898 g/mol. The molecule has 57 heavy (non-hydrogen) atoms. The lowest BCUT2D eigenvalue weighted by Crippen LogP contribution is -2.24. The van der Waals surface area contributed by atoms with Gasteiger partial charge in [0.05, 0.1) is 12.2 Å². The van der Waals surface area contributed by atoms with Crippen LogP contribution in [0.2, 0.25) is 0 Å². The molecule has 0 aliphatic rings. The Morgan fingerprint density at radius 3 is 2.18 bits per heavy atom. The van der Waals surface area contributed by atoms with Crippen LogP contribution in [0.5, 0.6) is 17.2 Å². The number of halogens is 2. The van der Waals surface area contributed by atoms with Crippen molar-refractivity contribution in [3.63, 3.8) is 0 Å². The summed E-state index contributed by atoms with van der Waals surface area (Å²) in [5.41, 5.74) is 21.2. The molecule has 1 aromatic carbocycles. The predicted octanol–water partition coefficient (Wildman–Crippen LogP) is 7.90. The summed E-state index contributed by atoms with van der Waals surface area (Å²) in [5, 5.41) is 9.94. The molecule has 0 spiro atoms. The van der Waals surface area contributed by atoms with Crippen molar-refractivity contribution in [3.05, 3.63) is 153 Å². The van der Waals surface area contributed by atoms with Crippen molar-refractivity contribution in [2.45, 2.75) is 26.7 Å². The van der Waals surface area contributed by atoms with Gasteiger partial charge in [0.1, 0.15) is 24.6 Å². The number of anilines is 3. The van der Waals surface area contributed by atoms with Crippen LogP contribution in [0.1, 0.15) is 28.1 Å².